The van der Waals surface area contributed by atoms with Crippen LogP contribution in [0.5, 0.6) is 5.75 Å². The van der Waals surface area contributed by atoms with Gasteiger partial charge in [-0.2, -0.15) is 0 Å². The maximum Gasteiger partial charge on any atom is 0.266 e. The van der Waals surface area contributed by atoms with Crippen LogP contribution in [0.3, 0.4) is 0 Å². The first-order valence-corrected chi connectivity index (χ1v) is 11.1. The molecule has 1 aromatic heterocycles. The summed E-state index contributed by atoms with van der Waals surface area (Å²) < 4.78 is 47.2. The Kier molecular flexibility index (Phi) is 6.50. The minimum Gasteiger partial charge on any atom is -0.481 e. The number of hydrogen-bond donors (Lipinski definition) is 2. The summed E-state index contributed by atoms with van der Waals surface area (Å²) in [7, 11) is 0. The van der Waals surface area contributed by atoms with Crippen molar-refractivity contribution >= 4 is 34.2 Å². The number of rotatable bonds is 5. The highest BCUT2D eigenvalue weighted by Crippen LogP contribution is 2.34. The van der Waals surface area contributed by atoms with Crippen molar-refractivity contribution in [2.24, 2.45) is 11.7 Å². The molecule has 0 aliphatic carbocycles. The van der Waals surface area contributed by atoms with Crippen LogP contribution in [0, 0.1) is 11.7 Å². The lowest BCUT2D eigenvalue weighted by molar-refractivity contribution is -0.154. The van der Waals surface area contributed by atoms with Crippen molar-refractivity contribution in [2.75, 3.05) is 13.1 Å². The summed E-state index contributed by atoms with van der Waals surface area (Å²) in [5.41, 5.74) is 5.80. The molecule has 2 aromatic carbocycles. The number of hydrogen-bond acceptors (Lipinski definition) is 4. The minimum absolute atomic E-state index is 0.154. The molecule has 4 rings (SSSR count). The number of fused-ring (bicyclic) bond motifs is 1. The first-order valence-electron chi connectivity index (χ1n) is 10.7. The summed E-state index contributed by atoms with van der Waals surface area (Å²) in [6.07, 6.45) is -0.430. The smallest absolute Gasteiger partial charge is 0.266 e. The Morgan fingerprint density at radius 2 is 1.94 bits per heavy atom. The quantitative estimate of drug-likeness (QED) is 0.549. The third kappa shape index (κ3) is 5.12. The third-order valence-corrected chi connectivity index (χ3v) is 6.19. The lowest BCUT2D eigenvalue weighted by Gasteiger charge is -2.37. The molecule has 184 valence electrons. The van der Waals surface area contributed by atoms with E-state index in [1.54, 1.807) is 6.07 Å². The summed E-state index contributed by atoms with van der Waals surface area (Å²) in [5.74, 6) is -6.40. The van der Waals surface area contributed by atoms with Crippen molar-refractivity contribution in [2.45, 2.75) is 25.4 Å². The molecule has 1 aliphatic heterocycles. The molecule has 2 atom stereocenters. The Morgan fingerprint density at radius 3 is 2.63 bits per heavy atom. The van der Waals surface area contributed by atoms with Crippen LogP contribution in [0.2, 0.25) is 5.02 Å². The van der Waals surface area contributed by atoms with Gasteiger partial charge in [0.05, 0.1) is 22.9 Å². The monoisotopic (exact) mass is 507 g/mol. The first-order chi connectivity index (χ1) is 16.4. The zero-order chi connectivity index (χ0) is 25.5. The number of amides is 2. The fraction of sp³-hybridized carbons (Fsp3) is 0.292. The van der Waals surface area contributed by atoms with E-state index in [9.17, 15) is 27.6 Å². The van der Waals surface area contributed by atoms with E-state index in [0.717, 1.165) is 11.0 Å². The summed E-state index contributed by atoms with van der Waals surface area (Å²) in [6, 6.07) is 8.41. The van der Waals surface area contributed by atoms with E-state index in [1.165, 1.54) is 37.4 Å². The summed E-state index contributed by atoms with van der Waals surface area (Å²) in [5, 5.41) is 0.886. The van der Waals surface area contributed by atoms with Gasteiger partial charge in [-0.25, -0.2) is 13.2 Å². The number of aromatic amines is 1. The normalized spacial score (nSPS) is 18.3. The molecule has 0 saturated carbocycles. The SMILES string of the molecule is C[C@@H](Oc1ccc2c(-c3ccc(F)cc3Cl)c[nH]c(=O)c2c1)C(=O)N1C[C@H](C(N)=O)CC(F)(F)C1. The number of pyridine rings is 1. The highest BCUT2D eigenvalue weighted by molar-refractivity contribution is 6.33. The highest BCUT2D eigenvalue weighted by atomic mass is 35.5. The first kappa shape index (κ1) is 24.6. The number of carbonyl (C=O) groups excluding carboxylic acids is 2. The molecule has 2 heterocycles. The van der Waals surface area contributed by atoms with E-state index in [-0.39, 0.29) is 22.7 Å². The van der Waals surface area contributed by atoms with Gasteiger partial charge in [0.15, 0.2) is 6.10 Å². The van der Waals surface area contributed by atoms with Crippen LogP contribution >= 0.6 is 11.6 Å². The molecule has 0 radical (unpaired) electrons. The fourth-order valence-electron chi connectivity index (χ4n) is 4.21. The molecule has 1 fully saturated rings. The van der Waals surface area contributed by atoms with Crippen LogP contribution in [-0.4, -0.2) is 46.8 Å². The third-order valence-electron chi connectivity index (χ3n) is 5.88. The summed E-state index contributed by atoms with van der Waals surface area (Å²) >= 11 is 6.18. The van der Waals surface area contributed by atoms with Crippen molar-refractivity contribution in [1.29, 1.82) is 0 Å². The zero-order valence-electron chi connectivity index (χ0n) is 18.5. The molecule has 3 aromatic rings. The van der Waals surface area contributed by atoms with Crippen LogP contribution in [0.15, 0.2) is 47.4 Å². The standard InChI is InChI=1S/C24H21ClF3N3O4/c1-12(23(34)31-10-13(21(29)32)8-24(27,28)11-31)35-15-3-5-16-18(7-15)22(33)30-9-19(16)17-4-2-14(26)6-20(17)25/h2-7,9,12-13H,8,10-11H2,1H3,(H2,29,32)(H,30,33)/t12-,13-/m1/s1. The number of ether oxygens (including phenoxy) is 1. The number of aromatic nitrogens is 1. The molecular formula is C24H21ClF3N3O4. The van der Waals surface area contributed by atoms with E-state index in [2.05, 4.69) is 4.98 Å². The second kappa shape index (κ2) is 9.26. The number of halogens is 4. The van der Waals surface area contributed by atoms with E-state index >= 15 is 0 Å². The van der Waals surface area contributed by atoms with Crippen LogP contribution in [0.1, 0.15) is 13.3 Å². The predicted molar refractivity (Wildman–Crippen MR) is 124 cm³/mol. The van der Waals surface area contributed by atoms with Crippen molar-refractivity contribution < 1.29 is 27.5 Å². The van der Waals surface area contributed by atoms with Gasteiger partial charge >= 0.3 is 0 Å². The molecule has 35 heavy (non-hydrogen) atoms. The number of nitrogens with one attached hydrogen (secondary N) is 1. The van der Waals surface area contributed by atoms with E-state index in [1.807, 2.05) is 0 Å². The molecule has 1 saturated heterocycles. The molecule has 2 amide bonds. The van der Waals surface area contributed by atoms with Gasteiger partial charge in [0.1, 0.15) is 11.6 Å². The largest absolute Gasteiger partial charge is 0.481 e. The Bertz CT molecular complexity index is 1380. The summed E-state index contributed by atoms with van der Waals surface area (Å²) in [6.45, 7) is 0.316. The van der Waals surface area contributed by atoms with Crippen LogP contribution in [0.4, 0.5) is 13.2 Å². The van der Waals surface area contributed by atoms with Crippen molar-refractivity contribution in [1.82, 2.24) is 9.88 Å². The molecule has 0 bridgehead atoms. The van der Waals surface area contributed by atoms with Crippen LogP contribution in [0.25, 0.3) is 21.9 Å². The number of piperidine rings is 1. The fourth-order valence-corrected chi connectivity index (χ4v) is 4.48. The second-order valence-corrected chi connectivity index (χ2v) is 8.91. The number of carbonyl (C=O) groups is 2. The lowest BCUT2D eigenvalue weighted by atomic mass is 9.94. The van der Waals surface area contributed by atoms with E-state index in [0.29, 0.717) is 16.5 Å². The van der Waals surface area contributed by atoms with Gasteiger partial charge in [-0.1, -0.05) is 11.6 Å². The molecular weight excluding hydrogens is 487 g/mol. The maximum atomic E-state index is 14.1. The van der Waals surface area contributed by atoms with Gasteiger partial charge in [-0.05, 0) is 48.7 Å². The van der Waals surface area contributed by atoms with Gasteiger partial charge in [0, 0.05) is 30.3 Å². The van der Waals surface area contributed by atoms with Crippen LogP contribution < -0.4 is 16.0 Å². The van der Waals surface area contributed by atoms with Crippen molar-refractivity contribution in [3.8, 4) is 16.9 Å². The summed E-state index contributed by atoms with van der Waals surface area (Å²) in [4.78, 5) is 40.2. The molecule has 3 N–H and O–H groups in total. The Balaban J connectivity index is 1.60. The van der Waals surface area contributed by atoms with E-state index in [4.69, 9.17) is 22.1 Å². The molecule has 0 unspecified atom stereocenters. The Hall–Kier alpha value is -3.53. The van der Waals surface area contributed by atoms with Gasteiger partial charge in [0.2, 0.25) is 5.91 Å². The van der Waals surface area contributed by atoms with Crippen LogP contribution in [-0.2, 0) is 9.59 Å². The molecule has 1 aliphatic rings. The average Bonchev–Trinajstić information content (AvgIpc) is 2.78. The molecule has 7 nitrogen and oxygen atoms in total. The maximum absolute atomic E-state index is 14.1. The number of likely N-dealkylation sites (tertiary alicyclic amines) is 1. The van der Waals surface area contributed by atoms with Gasteiger partial charge < -0.3 is 20.4 Å². The average molecular weight is 508 g/mol. The predicted octanol–water partition coefficient (Wildman–Crippen LogP) is 3.72. The topological polar surface area (TPSA) is 105 Å². The number of nitrogens with two attached hydrogens (primary N) is 1. The van der Waals surface area contributed by atoms with Gasteiger partial charge in [-0.15, -0.1) is 0 Å². The number of H-pyrrole nitrogens is 1. The van der Waals surface area contributed by atoms with Crippen molar-refractivity contribution in [3.63, 3.8) is 0 Å². The van der Waals surface area contributed by atoms with Gasteiger partial charge in [-0.3, -0.25) is 14.4 Å². The highest BCUT2D eigenvalue weighted by Gasteiger charge is 2.44. The number of benzene rings is 2. The zero-order valence-corrected chi connectivity index (χ0v) is 19.2. The number of nitrogens with zero attached hydrogens (tertiary/aromatic N) is 1. The molecule has 0 spiro atoms. The Labute approximate surface area is 202 Å². The van der Waals surface area contributed by atoms with E-state index < -0.39 is 54.1 Å². The van der Waals surface area contributed by atoms with Crippen molar-refractivity contribution in [3.05, 3.63) is 63.8 Å². The minimum atomic E-state index is -3.25. The second-order valence-electron chi connectivity index (χ2n) is 8.50. The number of primary amides is 1. The van der Waals surface area contributed by atoms with Gasteiger partial charge in [0.25, 0.3) is 17.4 Å². The lowest BCUT2D eigenvalue weighted by Crippen LogP contribution is -2.55. The Morgan fingerprint density at radius 1 is 1.20 bits per heavy atom. The number of alkyl halides is 2. The molecule has 11 heteroatoms.